The Bertz CT molecular complexity index is 1010. The molecule has 3 aromatic rings. The molecule has 0 aliphatic carbocycles. The van der Waals surface area contributed by atoms with Crippen LogP contribution in [-0.2, 0) is 16.6 Å². The van der Waals surface area contributed by atoms with Crippen molar-refractivity contribution in [2.45, 2.75) is 18.4 Å². The van der Waals surface area contributed by atoms with Crippen LogP contribution >= 0.6 is 0 Å². The third-order valence-corrected chi connectivity index (χ3v) is 5.10. The average Bonchev–Trinajstić information content (AvgIpc) is 2.69. The zero-order valence-corrected chi connectivity index (χ0v) is 15.7. The number of hydrogen-bond donors (Lipinski definition) is 1. The van der Waals surface area contributed by atoms with Crippen LogP contribution in [0, 0.1) is 6.92 Å². The number of hydrogen-bond acceptors (Lipinski definition) is 4. The van der Waals surface area contributed by atoms with E-state index in [0.29, 0.717) is 17.9 Å². The van der Waals surface area contributed by atoms with Gasteiger partial charge in [0.2, 0.25) is 0 Å². The van der Waals surface area contributed by atoms with E-state index in [-0.39, 0.29) is 4.90 Å². The number of benzene rings is 3. The number of nitrogens with one attached hydrogen (secondary N) is 1. The van der Waals surface area contributed by atoms with Gasteiger partial charge in [-0.15, -0.1) is 0 Å². The van der Waals surface area contributed by atoms with Gasteiger partial charge < -0.3 is 4.74 Å². The smallest absolute Gasteiger partial charge is 0.276 e. The summed E-state index contributed by atoms with van der Waals surface area (Å²) in [7, 11) is -3.69. The minimum absolute atomic E-state index is 0.158. The lowest BCUT2D eigenvalue weighted by atomic mass is 10.1. The Morgan fingerprint density at radius 3 is 2.33 bits per heavy atom. The molecule has 0 saturated heterocycles. The first-order valence-electron chi connectivity index (χ1n) is 8.42. The Labute approximate surface area is 159 Å². The van der Waals surface area contributed by atoms with Gasteiger partial charge in [-0.3, -0.25) is 0 Å². The van der Waals surface area contributed by atoms with Crippen molar-refractivity contribution in [3.8, 4) is 5.75 Å². The quantitative estimate of drug-likeness (QED) is 0.499. The number of sulfonamides is 1. The SMILES string of the molecule is Cc1ccc(COc2ccccc2/C=N/NS(=O)(=O)c2ccccc2)cc1. The van der Waals surface area contributed by atoms with Gasteiger partial charge in [0.25, 0.3) is 10.0 Å². The lowest BCUT2D eigenvalue weighted by Gasteiger charge is -2.09. The second-order valence-electron chi connectivity index (χ2n) is 5.98. The Balaban J connectivity index is 1.68. The van der Waals surface area contributed by atoms with Crippen molar-refractivity contribution < 1.29 is 13.2 Å². The van der Waals surface area contributed by atoms with Crippen molar-refractivity contribution in [3.05, 3.63) is 95.6 Å². The molecule has 0 aromatic heterocycles. The molecule has 0 amide bonds. The van der Waals surface area contributed by atoms with Crippen LogP contribution in [0.25, 0.3) is 0 Å². The molecule has 3 rings (SSSR count). The summed E-state index contributed by atoms with van der Waals surface area (Å²) < 4.78 is 30.2. The molecule has 0 unspecified atom stereocenters. The van der Waals surface area contributed by atoms with E-state index in [1.54, 1.807) is 18.2 Å². The van der Waals surface area contributed by atoms with E-state index in [9.17, 15) is 8.42 Å². The molecule has 0 saturated carbocycles. The summed E-state index contributed by atoms with van der Waals surface area (Å²) in [4.78, 5) is 2.38. The molecule has 6 heteroatoms. The molecular formula is C21H20N2O3S. The van der Waals surface area contributed by atoms with Gasteiger partial charge in [0, 0.05) is 5.56 Å². The molecule has 0 aliphatic rings. The molecule has 0 aliphatic heterocycles. The fourth-order valence-electron chi connectivity index (χ4n) is 2.38. The topological polar surface area (TPSA) is 67.8 Å². The van der Waals surface area contributed by atoms with Crippen LogP contribution in [0.2, 0.25) is 0 Å². The first kappa shape index (κ1) is 18.7. The third kappa shape index (κ3) is 5.18. The summed E-state index contributed by atoms with van der Waals surface area (Å²) in [5, 5.41) is 3.87. The van der Waals surface area contributed by atoms with Crippen molar-refractivity contribution in [2.24, 2.45) is 5.10 Å². The predicted octanol–water partition coefficient (Wildman–Crippen LogP) is 3.89. The van der Waals surface area contributed by atoms with Crippen molar-refractivity contribution in [2.75, 3.05) is 0 Å². The van der Waals surface area contributed by atoms with Crippen LogP contribution in [0.5, 0.6) is 5.75 Å². The number of nitrogens with zero attached hydrogens (tertiary/aromatic N) is 1. The van der Waals surface area contributed by atoms with Crippen molar-refractivity contribution in [3.63, 3.8) is 0 Å². The molecule has 0 spiro atoms. The predicted molar refractivity (Wildman–Crippen MR) is 106 cm³/mol. The number of para-hydroxylation sites is 1. The minimum atomic E-state index is -3.69. The molecular weight excluding hydrogens is 360 g/mol. The highest BCUT2D eigenvalue weighted by atomic mass is 32.2. The van der Waals surface area contributed by atoms with Gasteiger partial charge in [0.1, 0.15) is 12.4 Å². The summed E-state index contributed by atoms with van der Waals surface area (Å²) >= 11 is 0. The van der Waals surface area contributed by atoms with E-state index in [0.717, 1.165) is 5.56 Å². The maximum atomic E-state index is 12.2. The largest absolute Gasteiger partial charge is 0.488 e. The number of hydrazone groups is 1. The Morgan fingerprint density at radius 1 is 0.926 bits per heavy atom. The summed E-state index contributed by atoms with van der Waals surface area (Å²) in [6.45, 7) is 2.45. The van der Waals surface area contributed by atoms with Crippen molar-refractivity contribution in [1.29, 1.82) is 0 Å². The molecule has 3 aromatic carbocycles. The monoisotopic (exact) mass is 380 g/mol. The molecule has 0 bridgehead atoms. The molecule has 27 heavy (non-hydrogen) atoms. The Kier molecular flexibility index (Phi) is 5.88. The van der Waals surface area contributed by atoms with Gasteiger partial charge in [-0.05, 0) is 36.8 Å². The van der Waals surface area contributed by atoms with E-state index in [1.165, 1.54) is 23.9 Å². The van der Waals surface area contributed by atoms with Crippen LogP contribution in [0.15, 0.2) is 88.9 Å². The highest BCUT2D eigenvalue weighted by Crippen LogP contribution is 2.18. The zero-order valence-electron chi connectivity index (χ0n) is 14.9. The molecule has 1 N–H and O–H groups in total. The molecule has 0 heterocycles. The molecule has 0 atom stereocenters. The highest BCUT2D eigenvalue weighted by Gasteiger charge is 2.11. The highest BCUT2D eigenvalue weighted by molar-refractivity contribution is 7.89. The fraction of sp³-hybridized carbons (Fsp3) is 0.0952. The Hall–Kier alpha value is -3.12. The normalized spacial score (nSPS) is 11.4. The maximum absolute atomic E-state index is 12.2. The summed E-state index contributed by atoms with van der Waals surface area (Å²) in [6, 6.07) is 23.5. The van der Waals surface area contributed by atoms with E-state index in [4.69, 9.17) is 4.74 Å². The first-order chi connectivity index (χ1) is 13.0. The second kappa shape index (κ2) is 8.51. The van der Waals surface area contributed by atoms with Crippen LogP contribution in [-0.4, -0.2) is 14.6 Å². The van der Waals surface area contributed by atoms with E-state index in [1.807, 2.05) is 55.5 Å². The lowest BCUT2D eigenvalue weighted by Crippen LogP contribution is -2.18. The maximum Gasteiger partial charge on any atom is 0.276 e. The third-order valence-electron chi connectivity index (χ3n) is 3.86. The molecule has 138 valence electrons. The van der Waals surface area contributed by atoms with Gasteiger partial charge in [0.05, 0.1) is 11.1 Å². The summed E-state index contributed by atoms with van der Waals surface area (Å²) in [5.41, 5.74) is 2.93. The molecule has 0 radical (unpaired) electrons. The van der Waals surface area contributed by atoms with Crippen LogP contribution in [0.3, 0.4) is 0 Å². The van der Waals surface area contributed by atoms with Crippen molar-refractivity contribution in [1.82, 2.24) is 4.83 Å². The second-order valence-corrected chi connectivity index (χ2v) is 7.64. The van der Waals surface area contributed by atoms with Crippen LogP contribution < -0.4 is 9.57 Å². The van der Waals surface area contributed by atoms with Crippen LogP contribution in [0.4, 0.5) is 0 Å². The number of rotatable bonds is 7. The minimum Gasteiger partial charge on any atom is -0.488 e. The fourth-order valence-corrected chi connectivity index (χ4v) is 3.19. The Morgan fingerprint density at radius 2 is 1.59 bits per heavy atom. The summed E-state index contributed by atoms with van der Waals surface area (Å²) in [5.74, 6) is 0.626. The number of ether oxygens (including phenoxy) is 1. The van der Waals surface area contributed by atoms with E-state index in [2.05, 4.69) is 9.93 Å². The van der Waals surface area contributed by atoms with E-state index < -0.39 is 10.0 Å². The summed E-state index contributed by atoms with van der Waals surface area (Å²) in [6.07, 6.45) is 1.44. The van der Waals surface area contributed by atoms with Gasteiger partial charge in [-0.25, -0.2) is 4.83 Å². The van der Waals surface area contributed by atoms with E-state index >= 15 is 0 Å². The number of aryl methyl sites for hydroxylation is 1. The lowest BCUT2D eigenvalue weighted by molar-refractivity contribution is 0.306. The zero-order chi connectivity index (χ0) is 19.1. The van der Waals surface area contributed by atoms with Gasteiger partial charge in [0.15, 0.2) is 0 Å². The van der Waals surface area contributed by atoms with Crippen LogP contribution in [0.1, 0.15) is 16.7 Å². The first-order valence-corrected chi connectivity index (χ1v) is 9.90. The molecule has 0 fully saturated rings. The average molecular weight is 380 g/mol. The van der Waals surface area contributed by atoms with Gasteiger partial charge in [-0.2, -0.15) is 13.5 Å². The standard InChI is InChI=1S/C21H20N2O3S/c1-17-11-13-18(14-12-17)16-26-21-10-6-5-7-19(21)15-22-23-27(24,25)20-8-3-2-4-9-20/h2-15,23H,16H2,1H3/b22-15+. The van der Waals surface area contributed by atoms with Crippen molar-refractivity contribution >= 4 is 16.2 Å². The van der Waals surface area contributed by atoms with Gasteiger partial charge >= 0.3 is 0 Å². The molecule has 5 nitrogen and oxygen atoms in total. The van der Waals surface area contributed by atoms with Gasteiger partial charge in [-0.1, -0.05) is 60.2 Å².